The Morgan fingerprint density at radius 1 is 1.19 bits per heavy atom. The number of halogens is 3. The number of aromatic nitrogens is 5. The topological polar surface area (TPSA) is 119 Å². The molecule has 186 valence electrons. The minimum Gasteiger partial charge on any atom is -0.335 e. The SMILES string of the molecule is O=CON(C(=O)NCC(F)(F)F)c1cncc(-c2cnc3cc(-c4cnn(C5CNC5)c4)ccn23)c1. The Hall–Kier alpha value is -4.46. The molecule has 1 saturated heterocycles. The van der Waals surface area contributed by atoms with Crippen LogP contribution in [0.5, 0.6) is 0 Å². The van der Waals surface area contributed by atoms with E-state index in [1.165, 1.54) is 18.5 Å². The number of carbonyl (C=O) groups excluding carboxylic acids is 2. The predicted molar refractivity (Wildman–Crippen MR) is 121 cm³/mol. The average molecular weight is 500 g/mol. The summed E-state index contributed by atoms with van der Waals surface area (Å²) in [4.78, 5) is 36.2. The molecular formula is C22H19F3N8O3. The van der Waals surface area contributed by atoms with Crippen LogP contribution < -0.4 is 15.7 Å². The molecule has 5 heterocycles. The summed E-state index contributed by atoms with van der Waals surface area (Å²) >= 11 is 0. The highest BCUT2D eigenvalue weighted by molar-refractivity contribution is 5.91. The molecule has 1 aliphatic heterocycles. The number of urea groups is 1. The first kappa shape index (κ1) is 23.3. The Kier molecular flexibility index (Phi) is 6.01. The number of nitrogens with zero attached hydrogens (tertiary/aromatic N) is 6. The largest absolute Gasteiger partial charge is 0.405 e. The van der Waals surface area contributed by atoms with Gasteiger partial charge in [0.2, 0.25) is 0 Å². The molecule has 4 aromatic rings. The standard InChI is InChI=1S/C22H19F3N8O3/c23-22(24,25)12-29-21(35)33(36-13-34)17-3-15(5-26-7-17)19-10-28-20-4-14(1-2-31(19)20)16-6-30-32(11-16)18-8-27-9-18/h1-7,10-11,13,18,27H,8-9,12H2,(H,29,35). The number of imidazole rings is 1. The van der Waals surface area contributed by atoms with E-state index in [1.807, 2.05) is 29.2 Å². The second kappa shape index (κ2) is 9.30. The van der Waals surface area contributed by atoms with Crippen molar-refractivity contribution in [1.82, 2.24) is 34.8 Å². The van der Waals surface area contributed by atoms with Crippen LogP contribution in [0.15, 0.2) is 55.4 Å². The molecule has 4 aromatic heterocycles. The van der Waals surface area contributed by atoms with Crippen molar-refractivity contribution in [2.24, 2.45) is 0 Å². The molecule has 0 aromatic carbocycles. The van der Waals surface area contributed by atoms with E-state index in [4.69, 9.17) is 0 Å². The van der Waals surface area contributed by atoms with E-state index >= 15 is 0 Å². The molecule has 0 unspecified atom stereocenters. The van der Waals surface area contributed by atoms with Crippen molar-refractivity contribution in [3.8, 4) is 22.4 Å². The Labute approximate surface area is 201 Å². The molecule has 0 atom stereocenters. The molecule has 2 N–H and O–H groups in total. The van der Waals surface area contributed by atoms with Crippen LogP contribution in [0.4, 0.5) is 23.7 Å². The minimum atomic E-state index is -4.63. The molecular weight excluding hydrogens is 481 g/mol. The summed E-state index contributed by atoms with van der Waals surface area (Å²) in [6.45, 7) is 0.106. The molecule has 0 saturated carbocycles. The molecule has 0 spiro atoms. The molecule has 14 heteroatoms. The third-order valence-corrected chi connectivity index (χ3v) is 5.61. The van der Waals surface area contributed by atoms with Crippen LogP contribution in [0, 0.1) is 0 Å². The van der Waals surface area contributed by atoms with Crippen LogP contribution in [0.2, 0.25) is 0 Å². The van der Waals surface area contributed by atoms with E-state index in [0.29, 0.717) is 28.0 Å². The first-order chi connectivity index (χ1) is 17.3. The Bertz CT molecular complexity index is 1410. The number of alkyl halides is 3. The van der Waals surface area contributed by atoms with Gasteiger partial charge in [-0.25, -0.2) is 9.78 Å². The Morgan fingerprint density at radius 2 is 2.03 bits per heavy atom. The lowest BCUT2D eigenvalue weighted by Crippen LogP contribution is -2.43. The van der Waals surface area contributed by atoms with Crippen LogP contribution >= 0.6 is 0 Å². The smallest absolute Gasteiger partial charge is 0.335 e. The van der Waals surface area contributed by atoms with Gasteiger partial charge in [0.05, 0.1) is 30.3 Å². The van der Waals surface area contributed by atoms with Crippen LogP contribution in [0.1, 0.15) is 6.04 Å². The summed E-state index contributed by atoms with van der Waals surface area (Å²) in [6.07, 6.45) is 5.23. The first-order valence-electron chi connectivity index (χ1n) is 10.8. The van der Waals surface area contributed by atoms with Crippen LogP contribution in [0.25, 0.3) is 28.0 Å². The number of hydrogen-bond acceptors (Lipinski definition) is 7. The minimum absolute atomic E-state index is 0.0521. The van der Waals surface area contributed by atoms with Gasteiger partial charge in [0.15, 0.2) is 0 Å². The lowest BCUT2D eigenvalue weighted by Gasteiger charge is -2.27. The fourth-order valence-corrected chi connectivity index (χ4v) is 3.72. The molecule has 5 rings (SSSR count). The monoisotopic (exact) mass is 500 g/mol. The van der Waals surface area contributed by atoms with Gasteiger partial charge in [0.25, 0.3) is 0 Å². The van der Waals surface area contributed by atoms with Gasteiger partial charge in [0.1, 0.15) is 17.9 Å². The second-order valence-corrected chi connectivity index (χ2v) is 8.01. The van der Waals surface area contributed by atoms with Crippen molar-refractivity contribution in [1.29, 1.82) is 0 Å². The summed E-state index contributed by atoms with van der Waals surface area (Å²) in [6, 6.07) is 4.31. The maximum Gasteiger partial charge on any atom is 0.405 e. The fourth-order valence-electron chi connectivity index (χ4n) is 3.72. The molecule has 11 nitrogen and oxygen atoms in total. The zero-order valence-electron chi connectivity index (χ0n) is 18.5. The van der Waals surface area contributed by atoms with Gasteiger partial charge in [-0.3, -0.25) is 18.9 Å². The van der Waals surface area contributed by atoms with Crippen molar-refractivity contribution in [3.63, 3.8) is 0 Å². The van der Waals surface area contributed by atoms with Crippen molar-refractivity contribution in [2.45, 2.75) is 12.2 Å². The lowest BCUT2D eigenvalue weighted by molar-refractivity contribution is -0.129. The third kappa shape index (κ3) is 4.70. The summed E-state index contributed by atoms with van der Waals surface area (Å²) in [7, 11) is 0. The molecule has 36 heavy (non-hydrogen) atoms. The van der Waals surface area contributed by atoms with E-state index in [-0.39, 0.29) is 12.2 Å². The van der Waals surface area contributed by atoms with E-state index in [0.717, 1.165) is 24.2 Å². The maximum atomic E-state index is 12.5. The van der Waals surface area contributed by atoms with Gasteiger partial charge in [-0.1, -0.05) is 0 Å². The van der Waals surface area contributed by atoms with E-state index in [9.17, 15) is 22.8 Å². The number of rotatable bonds is 7. The van der Waals surface area contributed by atoms with Gasteiger partial charge >= 0.3 is 18.7 Å². The molecule has 0 radical (unpaired) electrons. The van der Waals surface area contributed by atoms with E-state index < -0.39 is 18.8 Å². The summed E-state index contributed by atoms with van der Waals surface area (Å²) < 4.78 is 41.2. The number of carbonyl (C=O) groups is 2. The van der Waals surface area contributed by atoms with Gasteiger partial charge in [0, 0.05) is 42.8 Å². The molecule has 0 bridgehead atoms. The third-order valence-electron chi connectivity index (χ3n) is 5.61. The quantitative estimate of drug-likeness (QED) is 0.296. The number of hydrogen-bond donors (Lipinski definition) is 2. The molecule has 2 amide bonds. The van der Waals surface area contributed by atoms with Gasteiger partial charge in [-0.05, 0) is 23.8 Å². The predicted octanol–water partition coefficient (Wildman–Crippen LogP) is 2.57. The highest BCUT2D eigenvalue weighted by Gasteiger charge is 2.30. The number of fused-ring (bicyclic) bond motifs is 1. The number of hydroxylamine groups is 1. The Morgan fingerprint density at radius 3 is 2.75 bits per heavy atom. The zero-order valence-corrected chi connectivity index (χ0v) is 18.5. The van der Waals surface area contributed by atoms with Gasteiger partial charge in [-0.15, -0.1) is 5.06 Å². The first-order valence-corrected chi connectivity index (χ1v) is 10.8. The molecule has 0 aliphatic carbocycles. The number of nitrogens with one attached hydrogen (secondary N) is 2. The summed E-state index contributed by atoms with van der Waals surface area (Å²) in [5.74, 6) is 0. The van der Waals surface area contributed by atoms with Crippen LogP contribution in [-0.2, 0) is 9.63 Å². The van der Waals surface area contributed by atoms with Crippen LogP contribution in [-0.4, -0.2) is 62.5 Å². The second-order valence-electron chi connectivity index (χ2n) is 8.01. The molecule has 1 aliphatic rings. The Balaban J connectivity index is 1.41. The lowest BCUT2D eigenvalue weighted by atomic mass is 10.1. The van der Waals surface area contributed by atoms with Crippen molar-refractivity contribution in [3.05, 3.63) is 55.4 Å². The van der Waals surface area contributed by atoms with Crippen molar-refractivity contribution < 1.29 is 27.6 Å². The number of pyridine rings is 2. The number of amides is 2. The van der Waals surface area contributed by atoms with E-state index in [1.54, 1.807) is 22.1 Å². The van der Waals surface area contributed by atoms with E-state index in [2.05, 4.69) is 25.2 Å². The van der Waals surface area contributed by atoms with Crippen molar-refractivity contribution in [2.75, 3.05) is 24.7 Å². The average Bonchev–Trinajstić information content (AvgIpc) is 3.46. The molecule has 1 fully saturated rings. The van der Waals surface area contributed by atoms with Crippen molar-refractivity contribution >= 4 is 23.8 Å². The number of anilines is 1. The maximum absolute atomic E-state index is 12.5. The summed E-state index contributed by atoms with van der Waals surface area (Å²) in [5, 5.41) is 9.69. The normalized spacial score (nSPS) is 13.9. The van der Waals surface area contributed by atoms with Gasteiger partial charge in [-0.2, -0.15) is 18.3 Å². The highest BCUT2D eigenvalue weighted by Crippen LogP contribution is 2.28. The zero-order chi connectivity index (χ0) is 25.3. The summed E-state index contributed by atoms with van der Waals surface area (Å²) in [5.41, 5.74) is 3.55. The van der Waals surface area contributed by atoms with Crippen LogP contribution in [0.3, 0.4) is 0 Å². The van der Waals surface area contributed by atoms with Gasteiger partial charge < -0.3 is 15.5 Å². The highest BCUT2D eigenvalue weighted by atomic mass is 19.4. The fraction of sp³-hybridized carbons (Fsp3) is 0.227.